The third-order valence-electron chi connectivity index (χ3n) is 5.63. The lowest BCUT2D eigenvalue weighted by Gasteiger charge is -2.12. The molecule has 0 aromatic heterocycles. The summed E-state index contributed by atoms with van der Waals surface area (Å²) < 4.78 is 17.7. The molecule has 12 nitrogen and oxygen atoms in total. The molecule has 0 aliphatic carbocycles. The van der Waals surface area contributed by atoms with Gasteiger partial charge in [-0.05, 0) is 79.4 Å². The number of hydrazone groups is 1. The van der Waals surface area contributed by atoms with Crippen LogP contribution in [-0.2, 0) is 6.61 Å². The first-order chi connectivity index (χ1) is 20.2. The van der Waals surface area contributed by atoms with Crippen LogP contribution in [0.2, 0.25) is 0 Å². The van der Waals surface area contributed by atoms with E-state index in [9.17, 15) is 25.0 Å². The number of halogens is 2. The summed E-state index contributed by atoms with van der Waals surface area (Å²) in [5.74, 6) is 0.391. The first-order valence-electron chi connectivity index (χ1n) is 11.9. The van der Waals surface area contributed by atoms with Crippen molar-refractivity contribution in [2.24, 2.45) is 5.10 Å². The van der Waals surface area contributed by atoms with Gasteiger partial charge in [-0.2, -0.15) is 5.10 Å². The Hall–Kier alpha value is -4.82. The number of carbonyl (C=O) groups excluding carboxylic acids is 1. The molecule has 0 heterocycles. The van der Waals surface area contributed by atoms with Crippen molar-refractivity contribution in [2.45, 2.75) is 6.61 Å². The average Bonchev–Trinajstić information content (AvgIpc) is 2.98. The average molecular weight is 700 g/mol. The van der Waals surface area contributed by atoms with Gasteiger partial charge in [-0.3, -0.25) is 25.0 Å². The van der Waals surface area contributed by atoms with Crippen LogP contribution in [-0.4, -0.2) is 29.1 Å². The summed E-state index contributed by atoms with van der Waals surface area (Å²) in [5.41, 5.74) is 3.27. The van der Waals surface area contributed by atoms with Crippen LogP contribution in [0.1, 0.15) is 21.5 Å². The number of carbonyl (C=O) groups is 1. The predicted molar refractivity (Wildman–Crippen MR) is 160 cm³/mol. The maximum Gasteiger partial charge on any atom is 0.318 e. The Labute approximate surface area is 255 Å². The molecule has 0 aliphatic rings. The van der Waals surface area contributed by atoms with E-state index < -0.39 is 27.1 Å². The minimum atomic E-state index is -0.769. The lowest BCUT2D eigenvalue weighted by atomic mass is 10.2. The van der Waals surface area contributed by atoms with Gasteiger partial charge in [0.2, 0.25) is 5.75 Å². The third-order valence-corrected chi connectivity index (χ3v) is 6.80. The van der Waals surface area contributed by atoms with Gasteiger partial charge in [-0.15, -0.1) is 0 Å². The second-order valence-corrected chi connectivity index (χ2v) is 10.1. The van der Waals surface area contributed by atoms with Crippen LogP contribution in [0.25, 0.3) is 0 Å². The number of ether oxygens (including phenoxy) is 3. The lowest BCUT2D eigenvalue weighted by Crippen LogP contribution is -2.17. The van der Waals surface area contributed by atoms with Crippen LogP contribution in [0, 0.1) is 20.2 Å². The van der Waals surface area contributed by atoms with Crippen molar-refractivity contribution in [3.8, 4) is 23.0 Å². The number of benzene rings is 4. The van der Waals surface area contributed by atoms with Crippen molar-refractivity contribution >= 4 is 55.4 Å². The normalized spacial score (nSPS) is 10.7. The van der Waals surface area contributed by atoms with Crippen molar-refractivity contribution in [2.75, 3.05) is 7.11 Å². The molecule has 0 fully saturated rings. The molecule has 0 aliphatic heterocycles. The molecule has 4 rings (SSSR count). The molecule has 14 heteroatoms. The number of rotatable bonds is 11. The highest BCUT2D eigenvalue weighted by Gasteiger charge is 2.23. The Morgan fingerprint density at radius 2 is 1.60 bits per heavy atom. The van der Waals surface area contributed by atoms with E-state index in [4.69, 9.17) is 14.2 Å². The van der Waals surface area contributed by atoms with Gasteiger partial charge in [0.15, 0.2) is 17.2 Å². The summed E-state index contributed by atoms with van der Waals surface area (Å²) in [6, 6.07) is 20.7. The largest absolute Gasteiger partial charge is 0.493 e. The third kappa shape index (κ3) is 7.47. The lowest BCUT2D eigenvalue weighted by molar-refractivity contribution is -0.394. The quantitative estimate of drug-likeness (QED) is 0.0981. The molecule has 0 bridgehead atoms. The van der Waals surface area contributed by atoms with Gasteiger partial charge >= 0.3 is 5.69 Å². The molecule has 4 aromatic carbocycles. The van der Waals surface area contributed by atoms with Crippen molar-refractivity contribution in [3.05, 3.63) is 125 Å². The highest BCUT2D eigenvalue weighted by atomic mass is 79.9. The van der Waals surface area contributed by atoms with E-state index in [1.54, 1.807) is 30.3 Å². The van der Waals surface area contributed by atoms with E-state index >= 15 is 0 Å². The SMILES string of the molecule is COc1cc(C(=O)N/N=C/c2cc(Br)c(Oc3ccc([N+](=O)[O-])cc3[N+](=O)[O-])c(Br)c2)ccc1OCc1ccccc1. The van der Waals surface area contributed by atoms with Crippen LogP contribution in [0.15, 0.2) is 92.9 Å². The van der Waals surface area contributed by atoms with E-state index in [2.05, 4.69) is 42.4 Å². The summed E-state index contributed by atoms with van der Waals surface area (Å²) in [6.45, 7) is 0.340. The van der Waals surface area contributed by atoms with Crippen LogP contribution in [0.4, 0.5) is 11.4 Å². The molecular weight excluding hydrogens is 680 g/mol. The summed E-state index contributed by atoms with van der Waals surface area (Å²) >= 11 is 6.71. The Morgan fingerprint density at radius 3 is 2.24 bits per heavy atom. The summed E-state index contributed by atoms with van der Waals surface area (Å²) in [5, 5.41) is 26.4. The number of non-ortho nitro benzene ring substituents is 1. The van der Waals surface area contributed by atoms with Gasteiger partial charge in [0, 0.05) is 11.6 Å². The van der Waals surface area contributed by atoms with Gasteiger partial charge < -0.3 is 14.2 Å². The van der Waals surface area contributed by atoms with Gasteiger partial charge in [-0.25, -0.2) is 5.43 Å². The smallest absolute Gasteiger partial charge is 0.318 e. The monoisotopic (exact) mass is 698 g/mol. The highest BCUT2D eigenvalue weighted by molar-refractivity contribution is 9.11. The van der Waals surface area contributed by atoms with Crippen molar-refractivity contribution in [1.82, 2.24) is 5.43 Å². The van der Waals surface area contributed by atoms with Gasteiger partial charge in [-0.1, -0.05) is 30.3 Å². The molecule has 42 heavy (non-hydrogen) atoms. The predicted octanol–water partition coefficient (Wildman–Crippen LogP) is 7.17. The molecule has 4 aromatic rings. The van der Waals surface area contributed by atoms with E-state index in [1.165, 1.54) is 13.3 Å². The number of nitrogens with zero attached hydrogens (tertiary/aromatic N) is 3. The number of hydrogen-bond acceptors (Lipinski definition) is 9. The molecule has 0 atom stereocenters. The maximum atomic E-state index is 12.7. The van der Waals surface area contributed by atoms with E-state index in [1.807, 2.05) is 30.3 Å². The summed E-state index contributed by atoms with van der Waals surface area (Å²) in [6.07, 6.45) is 1.39. The minimum absolute atomic E-state index is 0.187. The number of hydrogen-bond donors (Lipinski definition) is 1. The van der Waals surface area contributed by atoms with Crippen LogP contribution in [0.3, 0.4) is 0 Å². The molecule has 0 radical (unpaired) electrons. The fraction of sp³-hybridized carbons (Fsp3) is 0.0714. The van der Waals surface area contributed by atoms with Gasteiger partial charge in [0.1, 0.15) is 6.61 Å². The zero-order chi connectivity index (χ0) is 30.2. The Kier molecular flexibility index (Phi) is 9.83. The Morgan fingerprint density at radius 1 is 0.905 bits per heavy atom. The second-order valence-electron chi connectivity index (χ2n) is 8.42. The molecule has 0 saturated heterocycles. The van der Waals surface area contributed by atoms with E-state index in [0.717, 1.165) is 23.8 Å². The summed E-state index contributed by atoms with van der Waals surface area (Å²) in [7, 11) is 1.48. The summed E-state index contributed by atoms with van der Waals surface area (Å²) in [4.78, 5) is 33.6. The molecule has 0 spiro atoms. The van der Waals surface area contributed by atoms with Gasteiger partial charge in [0.05, 0.1) is 38.2 Å². The van der Waals surface area contributed by atoms with Crippen LogP contribution in [0.5, 0.6) is 23.0 Å². The van der Waals surface area contributed by atoms with Crippen molar-refractivity contribution in [3.63, 3.8) is 0 Å². The number of amides is 1. The fourth-order valence-electron chi connectivity index (χ4n) is 3.60. The second kappa shape index (κ2) is 13.7. The number of nitrogens with one attached hydrogen (secondary N) is 1. The molecule has 1 N–H and O–H groups in total. The van der Waals surface area contributed by atoms with Crippen molar-refractivity contribution < 1.29 is 28.9 Å². The number of nitro benzene ring substituents is 2. The highest BCUT2D eigenvalue weighted by Crippen LogP contribution is 2.41. The Balaban J connectivity index is 1.43. The first kappa shape index (κ1) is 30.1. The standard InChI is InChI=1S/C28H20Br2N4O8/c1-40-26-13-19(7-9-25(26)41-16-17-5-3-2-4-6-17)28(35)32-31-15-18-11-21(29)27(22(30)12-18)42-24-10-8-20(33(36)37)14-23(24)34(38)39/h2-15H,16H2,1H3,(H,32,35)/b31-15+. The number of methoxy groups -OCH3 is 1. The maximum absolute atomic E-state index is 12.7. The topological polar surface area (TPSA) is 155 Å². The van der Waals surface area contributed by atoms with Crippen LogP contribution >= 0.6 is 31.9 Å². The number of nitro groups is 2. The molecule has 1 amide bonds. The zero-order valence-corrected chi connectivity index (χ0v) is 24.8. The van der Waals surface area contributed by atoms with E-state index in [-0.39, 0.29) is 11.5 Å². The van der Waals surface area contributed by atoms with Crippen LogP contribution < -0.4 is 19.6 Å². The molecular formula is C28H20Br2N4O8. The molecule has 0 unspecified atom stereocenters. The van der Waals surface area contributed by atoms with Gasteiger partial charge in [0.25, 0.3) is 11.6 Å². The fourth-order valence-corrected chi connectivity index (χ4v) is 4.99. The first-order valence-corrected chi connectivity index (χ1v) is 13.5. The Bertz CT molecular complexity index is 1660. The zero-order valence-electron chi connectivity index (χ0n) is 21.7. The minimum Gasteiger partial charge on any atom is -0.493 e. The molecule has 214 valence electrons. The molecule has 0 saturated carbocycles. The van der Waals surface area contributed by atoms with E-state index in [0.29, 0.717) is 38.2 Å². The van der Waals surface area contributed by atoms with Crippen molar-refractivity contribution in [1.29, 1.82) is 0 Å².